The third kappa shape index (κ3) is 3.77. The van der Waals surface area contributed by atoms with Crippen molar-refractivity contribution in [2.45, 2.75) is 50.9 Å². The van der Waals surface area contributed by atoms with E-state index in [9.17, 15) is 0 Å². The van der Waals surface area contributed by atoms with Gasteiger partial charge < -0.3 is 0 Å². The Kier molecular flexibility index (Phi) is 6.05. The molecule has 4 bridgehead atoms. The average molecular weight is 488 g/mol. The summed E-state index contributed by atoms with van der Waals surface area (Å²) in [6.45, 7) is 3.72. The normalized spacial score (nSPS) is 32.2. The molecule has 1 aromatic rings. The van der Waals surface area contributed by atoms with Crippen LogP contribution in [0.25, 0.3) is 0 Å². The number of hydrogen-bond acceptors (Lipinski definition) is 3. The Labute approximate surface area is 170 Å². The number of hydrogen-bond donors (Lipinski definition) is 0. The van der Waals surface area contributed by atoms with Crippen LogP contribution in [0.15, 0.2) is 12.1 Å². The van der Waals surface area contributed by atoms with Gasteiger partial charge in [0.1, 0.15) is 0 Å². The van der Waals surface area contributed by atoms with Gasteiger partial charge in [-0.1, -0.05) is 0 Å². The van der Waals surface area contributed by atoms with Gasteiger partial charge in [0.05, 0.1) is 0 Å². The first-order chi connectivity index (χ1) is 12.6. The Bertz CT molecular complexity index is 611. The maximum atomic E-state index is 6.18. The van der Waals surface area contributed by atoms with E-state index in [-0.39, 0.29) is 0 Å². The molecule has 0 N–H and O–H groups in total. The van der Waals surface area contributed by atoms with Crippen molar-refractivity contribution >= 4 is 31.8 Å². The zero-order chi connectivity index (χ0) is 18.1. The summed E-state index contributed by atoms with van der Waals surface area (Å²) in [4.78, 5) is 0. The SMILES string of the molecule is COCCOCOc1cc(C)c([Se][SeH])cc1C12CC3CC(CC(C3)C1)C2. The second-order valence-corrected chi connectivity index (χ2v) is 11.9. The average Bonchev–Trinajstić information content (AvgIpc) is 2.60. The van der Waals surface area contributed by atoms with Gasteiger partial charge in [-0.15, -0.1) is 0 Å². The van der Waals surface area contributed by atoms with E-state index < -0.39 is 0 Å². The van der Waals surface area contributed by atoms with Gasteiger partial charge in [-0.2, -0.15) is 0 Å². The Morgan fingerprint density at radius 3 is 2.31 bits per heavy atom. The summed E-state index contributed by atoms with van der Waals surface area (Å²) < 4.78 is 18.3. The fraction of sp³-hybridized carbons (Fsp3) is 0.714. The van der Waals surface area contributed by atoms with Gasteiger partial charge in [0, 0.05) is 0 Å². The van der Waals surface area contributed by atoms with E-state index in [1.807, 2.05) is 0 Å². The molecule has 0 aromatic heterocycles. The van der Waals surface area contributed by atoms with Crippen LogP contribution in [-0.2, 0) is 14.9 Å². The summed E-state index contributed by atoms with van der Waals surface area (Å²) in [5.41, 5.74) is 3.20. The van der Waals surface area contributed by atoms with Crippen LogP contribution in [0.2, 0.25) is 0 Å². The van der Waals surface area contributed by atoms with Crippen molar-refractivity contribution in [1.29, 1.82) is 0 Å². The van der Waals surface area contributed by atoms with Crippen molar-refractivity contribution in [3.8, 4) is 5.75 Å². The maximum absolute atomic E-state index is 6.18. The van der Waals surface area contributed by atoms with Crippen molar-refractivity contribution in [1.82, 2.24) is 0 Å². The number of aryl methyl sites for hydroxylation is 1. The van der Waals surface area contributed by atoms with Crippen molar-refractivity contribution in [2.24, 2.45) is 17.8 Å². The predicted molar refractivity (Wildman–Crippen MR) is 107 cm³/mol. The number of benzene rings is 1. The van der Waals surface area contributed by atoms with Crippen LogP contribution >= 0.6 is 0 Å². The fourth-order valence-corrected chi connectivity index (χ4v) is 8.97. The molecule has 4 fully saturated rings. The molecule has 0 radical (unpaired) electrons. The fourth-order valence-electron chi connectivity index (χ4n) is 6.04. The van der Waals surface area contributed by atoms with Gasteiger partial charge in [-0.3, -0.25) is 0 Å². The molecule has 4 saturated carbocycles. The number of ether oxygens (including phenoxy) is 3. The van der Waals surface area contributed by atoms with E-state index in [2.05, 4.69) is 33.2 Å². The molecule has 144 valence electrons. The molecule has 3 nitrogen and oxygen atoms in total. The summed E-state index contributed by atoms with van der Waals surface area (Å²) in [6, 6.07) is 4.77. The molecule has 4 aliphatic rings. The Hall–Kier alpha value is -0.0210. The molecule has 0 spiro atoms. The Balaban J connectivity index is 1.61. The first kappa shape index (κ1) is 19.3. The molecule has 0 atom stereocenters. The second-order valence-electron chi connectivity index (χ2n) is 8.57. The zero-order valence-corrected chi connectivity index (χ0v) is 19.4. The number of methoxy groups -OCH3 is 1. The topological polar surface area (TPSA) is 27.7 Å². The standard InChI is InChI=1S/C21H30O3Se2/c1-14-5-19(24-13-23-4-3-22-2)18(9-20(14)26-25)21-10-15-6-16(11-21)8-17(7-15)12-21/h5,9,15-17,25H,3-4,6-8,10-13H2,1-2H3. The molecule has 4 aliphatic carbocycles. The van der Waals surface area contributed by atoms with E-state index in [1.165, 1.54) is 54.1 Å². The quantitative estimate of drug-likeness (QED) is 0.320. The van der Waals surface area contributed by atoms with E-state index in [1.54, 1.807) is 7.11 Å². The number of rotatable bonds is 8. The molecule has 0 heterocycles. The monoisotopic (exact) mass is 490 g/mol. The summed E-state index contributed by atoms with van der Waals surface area (Å²) in [7, 11) is 1.70. The molecule has 5 heteroatoms. The van der Waals surface area contributed by atoms with Gasteiger partial charge in [-0.05, 0) is 0 Å². The van der Waals surface area contributed by atoms with Crippen LogP contribution in [0.3, 0.4) is 0 Å². The molecule has 1 aromatic carbocycles. The van der Waals surface area contributed by atoms with Crippen LogP contribution in [0, 0.1) is 24.7 Å². The van der Waals surface area contributed by atoms with Gasteiger partial charge in [0.15, 0.2) is 0 Å². The second kappa shape index (κ2) is 8.15. The summed E-state index contributed by atoms with van der Waals surface area (Å²) in [5.74, 6) is 3.90. The Morgan fingerprint density at radius 2 is 1.73 bits per heavy atom. The molecular weight excluding hydrogens is 458 g/mol. The molecule has 0 amide bonds. The van der Waals surface area contributed by atoms with Crippen molar-refractivity contribution in [2.75, 3.05) is 27.1 Å². The zero-order valence-electron chi connectivity index (χ0n) is 15.8. The van der Waals surface area contributed by atoms with Crippen LogP contribution < -0.4 is 9.20 Å². The van der Waals surface area contributed by atoms with Crippen LogP contribution in [0.1, 0.15) is 49.7 Å². The van der Waals surface area contributed by atoms with Crippen molar-refractivity contribution < 1.29 is 14.2 Å². The first-order valence-electron chi connectivity index (χ1n) is 9.79. The van der Waals surface area contributed by atoms with Gasteiger partial charge in [-0.25, -0.2) is 0 Å². The summed E-state index contributed by atoms with van der Waals surface area (Å²) in [6.07, 6.45) is 8.53. The van der Waals surface area contributed by atoms with Crippen molar-refractivity contribution in [3.63, 3.8) is 0 Å². The molecule has 0 unspecified atom stereocenters. The van der Waals surface area contributed by atoms with Gasteiger partial charge >= 0.3 is 171 Å². The summed E-state index contributed by atoms with van der Waals surface area (Å²) >= 11 is 3.26. The third-order valence-corrected chi connectivity index (χ3v) is 10.2. The molecule has 26 heavy (non-hydrogen) atoms. The van der Waals surface area contributed by atoms with Gasteiger partial charge in [0.25, 0.3) is 0 Å². The minimum absolute atomic E-state index is 0.314. The van der Waals surface area contributed by atoms with E-state index >= 15 is 0 Å². The molecule has 0 saturated heterocycles. The first-order valence-corrected chi connectivity index (χ1v) is 15.4. The third-order valence-electron chi connectivity index (χ3n) is 6.71. The van der Waals surface area contributed by atoms with Gasteiger partial charge in [0.2, 0.25) is 0 Å². The Morgan fingerprint density at radius 1 is 1.08 bits per heavy atom. The predicted octanol–water partition coefficient (Wildman–Crippen LogP) is 2.61. The minimum atomic E-state index is 0.314. The van der Waals surface area contributed by atoms with E-state index in [0.717, 1.165) is 23.5 Å². The van der Waals surface area contributed by atoms with E-state index in [0.29, 0.717) is 38.6 Å². The van der Waals surface area contributed by atoms with Crippen LogP contribution in [0.4, 0.5) is 0 Å². The van der Waals surface area contributed by atoms with Crippen molar-refractivity contribution in [3.05, 3.63) is 23.3 Å². The molecular formula is C21H30O3Se2. The molecule has 0 aliphatic heterocycles. The van der Waals surface area contributed by atoms with E-state index in [4.69, 9.17) is 14.2 Å². The summed E-state index contributed by atoms with van der Waals surface area (Å²) in [5, 5.41) is 0. The van der Waals surface area contributed by atoms with Crippen LogP contribution in [0.5, 0.6) is 5.75 Å². The molecule has 5 rings (SSSR count). The van der Waals surface area contributed by atoms with Crippen LogP contribution in [-0.4, -0.2) is 54.4 Å².